The highest BCUT2D eigenvalue weighted by Gasteiger charge is 2.00. The highest BCUT2D eigenvalue weighted by Crippen LogP contribution is 2.20. The summed E-state index contributed by atoms with van der Waals surface area (Å²) in [6, 6.07) is 3.91. The first-order valence-corrected chi connectivity index (χ1v) is 4.74. The van der Waals surface area contributed by atoms with Gasteiger partial charge in [0.25, 0.3) is 0 Å². The van der Waals surface area contributed by atoms with Crippen LogP contribution in [0.25, 0.3) is 10.9 Å². The summed E-state index contributed by atoms with van der Waals surface area (Å²) in [5.41, 5.74) is 0.900. The molecule has 0 radical (unpaired) electrons. The minimum atomic E-state index is 0.900. The highest BCUT2D eigenvalue weighted by molar-refractivity contribution is 7.98. The van der Waals surface area contributed by atoms with Gasteiger partial charge in [-0.15, -0.1) is 16.9 Å². The largest absolute Gasteiger partial charge is 0.254 e. The van der Waals surface area contributed by atoms with E-state index in [9.17, 15) is 0 Å². The van der Waals surface area contributed by atoms with Crippen molar-refractivity contribution < 1.29 is 0 Å². The molecule has 0 atom stereocenters. The van der Waals surface area contributed by atoms with Crippen molar-refractivity contribution in [1.29, 1.82) is 0 Å². The van der Waals surface area contributed by atoms with Gasteiger partial charge in [-0.05, 0) is 18.4 Å². The molecular formula is C8H7N3S. The van der Waals surface area contributed by atoms with E-state index in [4.69, 9.17) is 0 Å². The van der Waals surface area contributed by atoms with Gasteiger partial charge in [-0.25, -0.2) is 0 Å². The third kappa shape index (κ3) is 1.14. The van der Waals surface area contributed by atoms with Crippen molar-refractivity contribution in [3.63, 3.8) is 0 Å². The van der Waals surface area contributed by atoms with Crippen LogP contribution < -0.4 is 0 Å². The maximum absolute atomic E-state index is 4.17. The monoisotopic (exact) mass is 177 g/mol. The van der Waals surface area contributed by atoms with Crippen LogP contribution in [0, 0.1) is 0 Å². The maximum atomic E-state index is 4.17. The summed E-state index contributed by atoms with van der Waals surface area (Å²) in [5.74, 6) is 0. The van der Waals surface area contributed by atoms with Gasteiger partial charge in [-0.3, -0.25) is 4.98 Å². The normalized spacial score (nSPS) is 10.4. The molecule has 0 aliphatic rings. The predicted octanol–water partition coefficient (Wildman–Crippen LogP) is 1.75. The Morgan fingerprint density at radius 3 is 3.17 bits per heavy atom. The van der Waals surface area contributed by atoms with Crippen LogP contribution in [-0.4, -0.2) is 21.4 Å². The van der Waals surface area contributed by atoms with Crippen LogP contribution in [-0.2, 0) is 0 Å². The number of hydrogen-bond acceptors (Lipinski definition) is 4. The van der Waals surface area contributed by atoms with Gasteiger partial charge in [0.15, 0.2) is 0 Å². The van der Waals surface area contributed by atoms with Gasteiger partial charge in [0.1, 0.15) is 5.03 Å². The Hall–Kier alpha value is -1.16. The Bertz CT molecular complexity index is 397. The van der Waals surface area contributed by atoms with Crippen LogP contribution >= 0.6 is 11.8 Å². The van der Waals surface area contributed by atoms with Crippen molar-refractivity contribution in [3.8, 4) is 0 Å². The molecule has 0 spiro atoms. The van der Waals surface area contributed by atoms with E-state index in [1.807, 2.05) is 18.4 Å². The van der Waals surface area contributed by atoms with E-state index in [-0.39, 0.29) is 0 Å². The molecule has 2 rings (SSSR count). The topological polar surface area (TPSA) is 38.7 Å². The third-order valence-electron chi connectivity index (χ3n) is 1.59. The Morgan fingerprint density at radius 1 is 1.42 bits per heavy atom. The minimum absolute atomic E-state index is 0.900. The van der Waals surface area contributed by atoms with E-state index in [2.05, 4.69) is 15.2 Å². The zero-order valence-corrected chi connectivity index (χ0v) is 7.38. The highest BCUT2D eigenvalue weighted by atomic mass is 32.2. The minimum Gasteiger partial charge on any atom is -0.254 e. The van der Waals surface area contributed by atoms with E-state index in [1.54, 1.807) is 24.2 Å². The lowest BCUT2D eigenvalue weighted by atomic mass is 10.3. The van der Waals surface area contributed by atoms with Crippen LogP contribution in [0.5, 0.6) is 0 Å². The maximum Gasteiger partial charge on any atom is 0.128 e. The predicted molar refractivity (Wildman–Crippen MR) is 49.1 cm³/mol. The molecule has 0 aliphatic heterocycles. The average molecular weight is 177 g/mol. The van der Waals surface area contributed by atoms with Crippen molar-refractivity contribution in [1.82, 2.24) is 15.2 Å². The third-order valence-corrected chi connectivity index (χ3v) is 2.28. The molecule has 0 saturated carbocycles. The molecule has 4 heteroatoms. The van der Waals surface area contributed by atoms with Gasteiger partial charge in [-0.2, -0.15) is 5.10 Å². The fraction of sp³-hybridized carbons (Fsp3) is 0.125. The van der Waals surface area contributed by atoms with Gasteiger partial charge < -0.3 is 0 Å². The summed E-state index contributed by atoms with van der Waals surface area (Å²) in [4.78, 5) is 4.17. The van der Waals surface area contributed by atoms with Crippen LogP contribution in [0.3, 0.4) is 0 Å². The Kier molecular flexibility index (Phi) is 1.91. The first kappa shape index (κ1) is 7.49. The molecule has 0 unspecified atom stereocenters. The van der Waals surface area contributed by atoms with Crippen molar-refractivity contribution in [2.45, 2.75) is 5.03 Å². The zero-order chi connectivity index (χ0) is 8.39. The molecule has 60 valence electrons. The van der Waals surface area contributed by atoms with Gasteiger partial charge in [0, 0.05) is 11.6 Å². The fourth-order valence-corrected chi connectivity index (χ4v) is 1.56. The second-order valence-corrected chi connectivity index (χ2v) is 3.08. The van der Waals surface area contributed by atoms with Gasteiger partial charge in [0.2, 0.25) is 0 Å². The molecular weight excluding hydrogens is 170 g/mol. The van der Waals surface area contributed by atoms with Crippen LogP contribution in [0.4, 0.5) is 0 Å². The summed E-state index contributed by atoms with van der Waals surface area (Å²) in [6.07, 6.45) is 5.42. The van der Waals surface area contributed by atoms with Crippen LogP contribution in [0.15, 0.2) is 29.6 Å². The molecule has 3 nitrogen and oxygen atoms in total. The van der Waals surface area contributed by atoms with E-state index < -0.39 is 0 Å². The second-order valence-electron chi connectivity index (χ2n) is 2.29. The van der Waals surface area contributed by atoms with Gasteiger partial charge in [-0.1, -0.05) is 0 Å². The lowest BCUT2D eigenvalue weighted by Gasteiger charge is -1.98. The second kappa shape index (κ2) is 3.06. The Morgan fingerprint density at radius 2 is 2.33 bits per heavy atom. The summed E-state index contributed by atoms with van der Waals surface area (Å²) in [5, 5.41) is 9.85. The number of nitrogens with zero attached hydrogens (tertiary/aromatic N) is 3. The molecule has 0 saturated heterocycles. The van der Waals surface area contributed by atoms with Crippen molar-refractivity contribution in [3.05, 3.63) is 24.5 Å². The quantitative estimate of drug-likeness (QED) is 0.622. The molecule has 12 heavy (non-hydrogen) atoms. The fourth-order valence-electron chi connectivity index (χ4n) is 1.04. The first-order valence-electron chi connectivity index (χ1n) is 3.52. The number of thioether (sulfide) groups is 1. The number of aromatic nitrogens is 3. The number of fused-ring (bicyclic) bond motifs is 1. The lowest BCUT2D eigenvalue weighted by Crippen LogP contribution is -1.87. The lowest BCUT2D eigenvalue weighted by molar-refractivity contribution is 0.952. The van der Waals surface area contributed by atoms with E-state index in [1.165, 1.54) is 0 Å². The number of rotatable bonds is 1. The molecule has 0 N–H and O–H groups in total. The Balaban J connectivity index is 2.79. The van der Waals surface area contributed by atoms with Crippen LogP contribution in [0.1, 0.15) is 0 Å². The molecule has 0 amide bonds. The van der Waals surface area contributed by atoms with E-state index >= 15 is 0 Å². The standard InChI is InChI=1S/C8H7N3S/c1-12-8-6-3-2-4-9-7(6)5-10-11-8/h2-5H,1H3. The summed E-state index contributed by atoms with van der Waals surface area (Å²) >= 11 is 1.58. The van der Waals surface area contributed by atoms with Crippen molar-refractivity contribution >= 4 is 22.7 Å². The summed E-state index contributed by atoms with van der Waals surface area (Å²) < 4.78 is 0. The van der Waals surface area contributed by atoms with Gasteiger partial charge in [0.05, 0.1) is 11.7 Å². The smallest absolute Gasteiger partial charge is 0.128 e. The number of hydrogen-bond donors (Lipinski definition) is 0. The zero-order valence-electron chi connectivity index (χ0n) is 6.56. The van der Waals surface area contributed by atoms with Gasteiger partial charge >= 0.3 is 0 Å². The molecule has 0 aromatic carbocycles. The number of pyridine rings is 1. The molecule has 2 heterocycles. The van der Waals surface area contributed by atoms with E-state index in [0.29, 0.717) is 0 Å². The van der Waals surface area contributed by atoms with Crippen molar-refractivity contribution in [2.75, 3.05) is 6.26 Å². The SMILES string of the molecule is CSc1nncc2ncccc12. The average Bonchev–Trinajstić information content (AvgIpc) is 2.17. The molecule has 2 aromatic heterocycles. The Labute approximate surface area is 74.2 Å². The molecule has 0 aliphatic carbocycles. The van der Waals surface area contributed by atoms with Crippen molar-refractivity contribution in [2.24, 2.45) is 0 Å². The summed E-state index contributed by atoms with van der Waals surface area (Å²) in [7, 11) is 0. The summed E-state index contributed by atoms with van der Waals surface area (Å²) in [6.45, 7) is 0. The van der Waals surface area contributed by atoms with E-state index in [0.717, 1.165) is 15.9 Å². The van der Waals surface area contributed by atoms with Crippen LogP contribution in [0.2, 0.25) is 0 Å². The molecule has 0 fully saturated rings. The molecule has 0 bridgehead atoms. The first-order chi connectivity index (χ1) is 5.92. The molecule has 2 aromatic rings.